The number of carboxylic acid groups (broad SMARTS) is 1. The standard InChI is InChI=1S/C33H35ClFN3O5/c1-32(24-8-7-22(34)17-25(24)35)42-28-5-2-4-23(30(28)43-32)20-10-14-37(15-11-20)18-29-36-26-9-6-21(31(39)40)16-27(26)38(29)19-33(41)12-3-13-33/h2,4-9,16-17,20,26-27,41H,3,10-15,18-19H2,1H3,(H,39,40). The summed E-state index contributed by atoms with van der Waals surface area (Å²) in [6.45, 7) is 4.51. The van der Waals surface area contributed by atoms with Crippen LogP contribution < -0.4 is 9.47 Å². The number of para-hydroxylation sites is 1. The lowest BCUT2D eigenvalue weighted by atomic mass is 9.79. The van der Waals surface area contributed by atoms with Gasteiger partial charge in [-0.2, -0.15) is 0 Å². The number of aliphatic carboxylic acids is 1. The summed E-state index contributed by atoms with van der Waals surface area (Å²) in [5, 5.41) is 20.9. The second-order valence-electron chi connectivity index (χ2n) is 12.5. The SMILES string of the molecule is CC1(c2ccc(Cl)cc2F)Oc2cccc(C3CCN(CC4=NC5C=CC(C(=O)O)=CC5N4CC4(O)CCC4)CC3)c2O1. The van der Waals surface area contributed by atoms with E-state index in [2.05, 4.69) is 15.9 Å². The average molecular weight is 608 g/mol. The highest BCUT2D eigenvalue weighted by molar-refractivity contribution is 6.30. The highest BCUT2D eigenvalue weighted by atomic mass is 35.5. The fourth-order valence-corrected chi connectivity index (χ4v) is 7.20. The molecule has 0 amide bonds. The number of aliphatic hydroxyl groups is 1. The van der Waals surface area contributed by atoms with Crippen molar-refractivity contribution < 1.29 is 28.9 Å². The largest absolute Gasteiger partial charge is 0.478 e. The molecule has 7 rings (SSSR count). The Labute approximate surface area is 255 Å². The number of likely N-dealkylation sites (tertiary alicyclic amines) is 1. The van der Waals surface area contributed by atoms with E-state index in [4.69, 9.17) is 26.1 Å². The lowest BCUT2D eigenvalue weighted by Gasteiger charge is -2.43. The van der Waals surface area contributed by atoms with Crippen molar-refractivity contribution >= 4 is 23.4 Å². The van der Waals surface area contributed by atoms with Crippen LogP contribution in [0.5, 0.6) is 11.5 Å². The molecule has 0 bridgehead atoms. The van der Waals surface area contributed by atoms with Crippen LogP contribution in [0.4, 0.5) is 4.39 Å². The Morgan fingerprint density at radius 1 is 1.19 bits per heavy atom. The number of piperidine rings is 1. The zero-order valence-corrected chi connectivity index (χ0v) is 24.8. The van der Waals surface area contributed by atoms with Crippen molar-refractivity contribution in [1.82, 2.24) is 9.80 Å². The summed E-state index contributed by atoms with van der Waals surface area (Å²) in [5.41, 5.74) is 0.869. The summed E-state index contributed by atoms with van der Waals surface area (Å²) in [6.07, 6.45) is 9.59. The van der Waals surface area contributed by atoms with Crippen molar-refractivity contribution in [2.45, 2.75) is 68.4 Å². The molecule has 43 heavy (non-hydrogen) atoms. The van der Waals surface area contributed by atoms with Gasteiger partial charge in [0.1, 0.15) is 11.7 Å². The van der Waals surface area contributed by atoms with Gasteiger partial charge in [-0.05, 0) is 87.5 Å². The highest BCUT2D eigenvalue weighted by Gasteiger charge is 2.45. The third kappa shape index (κ3) is 5.21. The van der Waals surface area contributed by atoms with E-state index < -0.39 is 23.2 Å². The van der Waals surface area contributed by atoms with Crippen LogP contribution in [0.3, 0.4) is 0 Å². The number of aliphatic imine (C=N–C) groups is 1. The molecular formula is C33H35ClFN3O5. The predicted molar refractivity (Wildman–Crippen MR) is 160 cm³/mol. The van der Waals surface area contributed by atoms with E-state index in [1.165, 1.54) is 6.07 Å². The summed E-state index contributed by atoms with van der Waals surface area (Å²) >= 11 is 5.97. The molecule has 3 unspecified atom stereocenters. The van der Waals surface area contributed by atoms with Crippen molar-refractivity contribution in [3.05, 3.63) is 82.2 Å². The maximum Gasteiger partial charge on any atom is 0.335 e. The number of rotatable bonds is 7. The van der Waals surface area contributed by atoms with Crippen molar-refractivity contribution in [2.75, 3.05) is 26.2 Å². The molecule has 1 saturated heterocycles. The smallest absolute Gasteiger partial charge is 0.335 e. The van der Waals surface area contributed by atoms with E-state index in [-0.39, 0.29) is 23.6 Å². The first kappa shape index (κ1) is 28.4. The summed E-state index contributed by atoms with van der Waals surface area (Å²) in [5.74, 6) is -0.303. The van der Waals surface area contributed by atoms with Gasteiger partial charge in [0.15, 0.2) is 11.5 Å². The van der Waals surface area contributed by atoms with Gasteiger partial charge in [-0.1, -0.05) is 29.8 Å². The number of nitrogens with zero attached hydrogens (tertiary/aromatic N) is 3. The van der Waals surface area contributed by atoms with Gasteiger partial charge in [0.05, 0.1) is 35.4 Å². The number of halogens is 2. The molecule has 2 N–H and O–H groups in total. The maximum atomic E-state index is 14.8. The third-order valence-electron chi connectivity index (χ3n) is 9.58. The second kappa shape index (κ2) is 10.6. The molecule has 226 valence electrons. The third-order valence-corrected chi connectivity index (χ3v) is 9.82. The van der Waals surface area contributed by atoms with Gasteiger partial charge in [0.2, 0.25) is 0 Å². The van der Waals surface area contributed by atoms with Crippen LogP contribution >= 0.6 is 11.6 Å². The lowest BCUT2D eigenvalue weighted by Crippen LogP contribution is -2.54. The minimum absolute atomic E-state index is 0.150. The first-order chi connectivity index (χ1) is 20.6. The van der Waals surface area contributed by atoms with E-state index in [9.17, 15) is 19.4 Å². The molecule has 0 spiro atoms. The number of fused-ring (bicyclic) bond motifs is 2. The van der Waals surface area contributed by atoms with Gasteiger partial charge >= 0.3 is 5.97 Å². The summed E-state index contributed by atoms with van der Waals surface area (Å²) < 4.78 is 27.3. The van der Waals surface area contributed by atoms with Crippen LogP contribution in [0.1, 0.15) is 56.1 Å². The highest BCUT2D eigenvalue weighted by Crippen LogP contribution is 2.50. The van der Waals surface area contributed by atoms with Crippen molar-refractivity contribution in [3.8, 4) is 11.5 Å². The van der Waals surface area contributed by atoms with E-state index in [1.54, 1.807) is 31.2 Å². The Kier molecular flexibility index (Phi) is 7.02. The molecule has 2 fully saturated rings. The van der Waals surface area contributed by atoms with Crippen LogP contribution in [0.15, 0.2) is 65.2 Å². The average Bonchev–Trinajstić information content (AvgIpc) is 3.48. The molecule has 2 aromatic carbocycles. The molecule has 3 heterocycles. The fourth-order valence-electron chi connectivity index (χ4n) is 7.04. The van der Waals surface area contributed by atoms with Crippen LogP contribution in [0, 0.1) is 5.82 Å². The zero-order chi connectivity index (χ0) is 29.9. The van der Waals surface area contributed by atoms with Crippen LogP contribution in [-0.4, -0.2) is 75.7 Å². The predicted octanol–water partition coefficient (Wildman–Crippen LogP) is 5.25. The van der Waals surface area contributed by atoms with Gasteiger partial charge < -0.3 is 24.6 Å². The minimum Gasteiger partial charge on any atom is -0.478 e. The van der Waals surface area contributed by atoms with Crippen molar-refractivity contribution in [1.29, 1.82) is 0 Å². The molecule has 0 aromatic heterocycles. The van der Waals surface area contributed by atoms with Gasteiger partial charge in [-0.3, -0.25) is 9.89 Å². The molecule has 1 saturated carbocycles. The number of carbonyl (C=O) groups is 1. The second-order valence-corrected chi connectivity index (χ2v) is 13.0. The molecule has 10 heteroatoms. The molecule has 2 aromatic rings. The van der Waals surface area contributed by atoms with E-state index in [0.29, 0.717) is 35.2 Å². The van der Waals surface area contributed by atoms with Crippen LogP contribution in [0.25, 0.3) is 0 Å². The number of carboxylic acids is 1. The van der Waals surface area contributed by atoms with Gasteiger partial charge in [0.25, 0.3) is 5.79 Å². The number of β-amino-alcohol motifs (C(OH)–C–C–N with tert-alkyl or cyclic N) is 1. The molecule has 0 radical (unpaired) electrons. The van der Waals surface area contributed by atoms with Gasteiger partial charge in [-0.25, -0.2) is 9.18 Å². The normalized spacial score (nSPS) is 27.9. The first-order valence-corrected chi connectivity index (χ1v) is 15.4. The fraction of sp³-hybridized carbons (Fsp3) is 0.455. The molecular weight excluding hydrogens is 573 g/mol. The summed E-state index contributed by atoms with van der Waals surface area (Å²) in [7, 11) is 0. The lowest BCUT2D eigenvalue weighted by molar-refractivity contribution is -0.132. The Morgan fingerprint density at radius 3 is 2.67 bits per heavy atom. The van der Waals surface area contributed by atoms with Crippen LogP contribution in [0.2, 0.25) is 5.02 Å². The van der Waals surface area contributed by atoms with E-state index in [1.807, 2.05) is 18.2 Å². The van der Waals surface area contributed by atoms with E-state index >= 15 is 0 Å². The van der Waals surface area contributed by atoms with Crippen molar-refractivity contribution in [2.24, 2.45) is 4.99 Å². The Hall–Kier alpha value is -3.40. The number of ether oxygens (including phenoxy) is 2. The molecule has 2 aliphatic carbocycles. The molecule has 5 aliphatic rings. The topological polar surface area (TPSA) is 94.8 Å². The monoisotopic (exact) mass is 607 g/mol. The van der Waals surface area contributed by atoms with Crippen molar-refractivity contribution in [3.63, 3.8) is 0 Å². The number of benzene rings is 2. The Bertz CT molecular complexity index is 1550. The molecule has 8 nitrogen and oxygen atoms in total. The maximum absolute atomic E-state index is 14.8. The minimum atomic E-state index is -1.29. The van der Waals surface area contributed by atoms with Gasteiger partial charge in [-0.15, -0.1) is 0 Å². The molecule has 3 atom stereocenters. The number of hydrogen-bond acceptors (Lipinski definition) is 7. The number of amidine groups is 1. The van der Waals surface area contributed by atoms with Crippen LogP contribution in [-0.2, 0) is 10.6 Å². The zero-order valence-electron chi connectivity index (χ0n) is 24.0. The van der Waals surface area contributed by atoms with E-state index in [0.717, 1.165) is 56.6 Å². The Balaban J connectivity index is 1.04. The Morgan fingerprint density at radius 2 is 1.98 bits per heavy atom. The quantitative estimate of drug-likeness (QED) is 0.444. The summed E-state index contributed by atoms with van der Waals surface area (Å²) in [4.78, 5) is 21.2. The summed E-state index contributed by atoms with van der Waals surface area (Å²) in [6, 6.07) is 10.0. The molecule has 3 aliphatic heterocycles. The number of hydrogen-bond donors (Lipinski definition) is 2. The van der Waals surface area contributed by atoms with Gasteiger partial charge in [0, 0.05) is 24.1 Å². The first-order valence-electron chi connectivity index (χ1n) is 15.0.